The van der Waals surface area contributed by atoms with Crippen molar-refractivity contribution in [1.82, 2.24) is 10.3 Å². The topological polar surface area (TPSA) is 92.4 Å². The van der Waals surface area contributed by atoms with E-state index in [4.69, 9.17) is 0 Å². The number of nitrogens with one attached hydrogen (secondary N) is 3. The molecule has 0 saturated heterocycles. The minimum Gasteiger partial charge on any atom is -0.435 e. The molecule has 0 spiro atoms. The molecule has 2 amide bonds. The summed E-state index contributed by atoms with van der Waals surface area (Å²) in [5.41, 5.74) is 3.03. The van der Waals surface area contributed by atoms with Crippen molar-refractivity contribution in [3.63, 3.8) is 0 Å². The highest BCUT2D eigenvalue weighted by Crippen LogP contribution is 2.24. The number of hydrogen-bond acceptors (Lipinski definition) is 5. The van der Waals surface area contributed by atoms with Crippen LogP contribution < -0.4 is 20.7 Å². The zero-order chi connectivity index (χ0) is 25.3. The van der Waals surface area contributed by atoms with Crippen molar-refractivity contribution < 1.29 is 23.1 Å². The number of halogens is 2. The van der Waals surface area contributed by atoms with Crippen LogP contribution in [0.15, 0.2) is 97.2 Å². The third-order valence-corrected chi connectivity index (χ3v) is 5.07. The lowest BCUT2D eigenvalue weighted by Crippen LogP contribution is -2.23. The second-order valence-electron chi connectivity index (χ2n) is 7.61. The summed E-state index contributed by atoms with van der Waals surface area (Å²) in [6.07, 6.45) is 1.65. The number of ether oxygens (including phenoxy) is 1. The maximum Gasteiger partial charge on any atom is 0.387 e. The fraction of sp³-hybridized carbons (Fsp3) is 0.0741. The highest BCUT2D eigenvalue weighted by Gasteiger charge is 2.13. The SMILES string of the molecule is O=C(NCc1ccccn1)c1cccc(NC(=O)c2ccccc2Nc2ccc(OC(F)F)cc2)c1. The van der Waals surface area contributed by atoms with Gasteiger partial charge in [0.1, 0.15) is 5.75 Å². The van der Waals surface area contributed by atoms with E-state index in [1.165, 1.54) is 12.1 Å². The molecule has 182 valence electrons. The molecule has 0 aliphatic heterocycles. The summed E-state index contributed by atoms with van der Waals surface area (Å²) < 4.78 is 29.1. The van der Waals surface area contributed by atoms with E-state index in [9.17, 15) is 18.4 Å². The van der Waals surface area contributed by atoms with E-state index in [0.717, 1.165) is 5.69 Å². The summed E-state index contributed by atoms with van der Waals surface area (Å²) in [7, 11) is 0. The van der Waals surface area contributed by atoms with E-state index < -0.39 is 6.61 Å². The van der Waals surface area contributed by atoms with Gasteiger partial charge in [0.25, 0.3) is 11.8 Å². The normalized spacial score (nSPS) is 10.5. The lowest BCUT2D eigenvalue weighted by molar-refractivity contribution is -0.0498. The van der Waals surface area contributed by atoms with Gasteiger partial charge in [0.2, 0.25) is 0 Å². The Morgan fingerprint density at radius 3 is 2.36 bits per heavy atom. The predicted molar refractivity (Wildman–Crippen MR) is 133 cm³/mol. The van der Waals surface area contributed by atoms with Crippen LogP contribution >= 0.6 is 0 Å². The summed E-state index contributed by atoms with van der Waals surface area (Å²) in [6.45, 7) is -2.62. The molecule has 0 fully saturated rings. The van der Waals surface area contributed by atoms with Crippen molar-refractivity contribution in [2.24, 2.45) is 0 Å². The lowest BCUT2D eigenvalue weighted by atomic mass is 10.1. The number of para-hydroxylation sites is 1. The molecule has 0 atom stereocenters. The lowest BCUT2D eigenvalue weighted by Gasteiger charge is -2.13. The molecule has 9 heteroatoms. The van der Waals surface area contributed by atoms with Crippen LogP contribution in [0.1, 0.15) is 26.4 Å². The summed E-state index contributed by atoms with van der Waals surface area (Å²) in [4.78, 5) is 29.8. The van der Waals surface area contributed by atoms with E-state index in [0.29, 0.717) is 28.2 Å². The van der Waals surface area contributed by atoms with Crippen LogP contribution in [0.3, 0.4) is 0 Å². The van der Waals surface area contributed by atoms with Crippen LogP contribution in [0.2, 0.25) is 0 Å². The number of nitrogens with zero attached hydrogens (tertiary/aromatic N) is 1. The van der Waals surface area contributed by atoms with Crippen LogP contribution in [-0.2, 0) is 6.54 Å². The van der Waals surface area contributed by atoms with Crippen LogP contribution in [0.5, 0.6) is 5.75 Å². The summed E-state index contributed by atoms with van der Waals surface area (Å²) in [6, 6.07) is 24.9. The van der Waals surface area contributed by atoms with Gasteiger partial charge < -0.3 is 20.7 Å². The Balaban J connectivity index is 1.42. The van der Waals surface area contributed by atoms with E-state index in [2.05, 4.69) is 25.7 Å². The molecular weight excluding hydrogens is 466 g/mol. The van der Waals surface area contributed by atoms with E-state index in [1.54, 1.807) is 72.9 Å². The highest BCUT2D eigenvalue weighted by atomic mass is 19.3. The van der Waals surface area contributed by atoms with E-state index >= 15 is 0 Å². The standard InChI is InChI=1S/C27H22F2N4O3/c28-27(29)36-22-13-11-19(12-14-22)32-24-10-2-1-9-23(24)26(35)33-20-8-5-6-18(16-20)25(34)31-17-21-7-3-4-15-30-21/h1-16,27,32H,17H2,(H,31,34)(H,33,35). The van der Waals surface area contributed by atoms with Gasteiger partial charge in [-0.1, -0.05) is 24.3 Å². The van der Waals surface area contributed by atoms with Gasteiger partial charge in [-0.15, -0.1) is 0 Å². The number of rotatable bonds is 9. The van der Waals surface area contributed by atoms with Crippen LogP contribution in [0.25, 0.3) is 0 Å². The quantitative estimate of drug-likeness (QED) is 0.285. The number of pyridine rings is 1. The van der Waals surface area contributed by atoms with Crippen LogP contribution in [0.4, 0.5) is 25.8 Å². The first-order valence-electron chi connectivity index (χ1n) is 11.0. The van der Waals surface area contributed by atoms with E-state index in [1.807, 2.05) is 12.1 Å². The predicted octanol–water partition coefficient (Wildman–Crippen LogP) is 5.61. The average molecular weight is 488 g/mol. The minimum atomic E-state index is -2.90. The smallest absolute Gasteiger partial charge is 0.387 e. The molecule has 4 aromatic rings. The Kier molecular flexibility index (Phi) is 7.82. The third kappa shape index (κ3) is 6.63. The second-order valence-corrected chi connectivity index (χ2v) is 7.61. The van der Waals surface area contributed by atoms with Crippen molar-refractivity contribution in [2.45, 2.75) is 13.2 Å². The number of benzene rings is 3. The van der Waals surface area contributed by atoms with Gasteiger partial charge in [-0.25, -0.2) is 0 Å². The van der Waals surface area contributed by atoms with Gasteiger partial charge in [-0.3, -0.25) is 14.6 Å². The first-order valence-corrected chi connectivity index (χ1v) is 11.0. The van der Waals surface area contributed by atoms with E-state index in [-0.39, 0.29) is 24.1 Å². The van der Waals surface area contributed by atoms with Crippen molar-refractivity contribution in [3.8, 4) is 5.75 Å². The number of alkyl halides is 2. The molecule has 7 nitrogen and oxygen atoms in total. The number of anilines is 3. The molecule has 1 aromatic heterocycles. The Morgan fingerprint density at radius 2 is 1.61 bits per heavy atom. The van der Waals surface area contributed by atoms with Gasteiger partial charge in [-0.05, 0) is 66.7 Å². The Bertz CT molecular complexity index is 1330. The molecule has 3 N–H and O–H groups in total. The highest BCUT2D eigenvalue weighted by molar-refractivity contribution is 6.09. The number of hydrogen-bond donors (Lipinski definition) is 3. The maximum atomic E-state index is 13.0. The van der Waals surface area contributed by atoms with Crippen molar-refractivity contribution in [3.05, 3.63) is 114 Å². The first kappa shape index (κ1) is 24.3. The summed E-state index contributed by atoms with van der Waals surface area (Å²) in [5.74, 6) is -0.648. The summed E-state index contributed by atoms with van der Waals surface area (Å²) >= 11 is 0. The number of amides is 2. The fourth-order valence-electron chi connectivity index (χ4n) is 3.38. The number of carbonyl (C=O) groups is 2. The van der Waals surface area contributed by atoms with Crippen LogP contribution in [0, 0.1) is 0 Å². The van der Waals surface area contributed by atoms with Gasteiger partial charge in [0.05, 0.1) is 23.5 Å². The molecule has 3 aromatic carbocycles. The van der Waals surface area contributed by atoms with Gasteiger partial charge in [0.15, 0.2) is 0 Å². The first-order chi connectivity index (χ1) is 17.5. The van der Waals surface area contributed by atoms with Gasteiger partial charge in [-0.2, -0.15) is 8.78 Å². The zero-order valence-corrected chi connectivity index (χ0v) is 18.9. The van der Waals surface area contributed by atoms with Crippen molar-refractivity contribution in [1.29, 1.82) is 0 Å². The van der Waals surface area contributed by atoms with Gasteiger partial charge in [0, 0.05) is 23.1 Å². The number of aromatic nitrogens is 1. The fourth-order valence-corrected chi connectivity index (χ4v) is 3.38. The summed E-state index contributed by atoms with van der Waals surface area (Å²) in [5, 5.41) is 8.72. The zero-order valence-electron chi connectivity index (χ0n) is 18.9. The third-order valence-electron chi connectivity index (χ3n) is 5.07. The number of carbonyl (C=O) groups excluding carboxylic acids is 2. The Labute approximate surface area is 206 Å². The van der Waals surface area contributed by atoms with Crippen LogP contribution in [-0.4, -0.2) is 23.4 Å². The second kappa shape index (κ2) is 11.6. The minimum absolute atomic E-state index is 0.0329. The molecular formula is C27H22F2N4O3. The van der Waals surface area contributed by atoms with Gasteiger partial charge >= 0.3 is 6.61 Å². The molecule has 1 heterocycles. The average Bonchev–Trinajstić information content (AvgIpc) is 2.89. The van der Waals surface area contributed by atoms with Crippen molar-refractivity contribution in [2.75, 3.05) is 10.6 Å². The van der Waals surface area contributed by atoms with Crippen molar-refractivity contribution >= 4 is 28.9 Å². The molecule has 0 radical (unpaired) electrons. The Hall–Kier alpha value is -4.79. The maximum absolute atomic E-state index is 13.0. The molecule has 0 saturated carbocycles. The molecule has 0 aliphatic carbocycles. The molecule has 36 heavy (non-hydrogen) atoms. The molecule has 0 bridgehead atoms. The molecule has 0 aliphatic rings. The monoisotopic (exact) mass is 488 g/mol. The Morgan fingerprint density at radius 1 is 0.833 bits per heavy atom. The largest absolute Gasteiger partial charge is 0.435 e. The molecule has 0 unspecified atom stereocenters. The molecule has 4 rings (SSSR count).